The lowest BCUT2D eigenvalue weighted by Crippen LogP contribution is -2.16. The molecule has 0 saturated carbocycles. The lowest BCUT2D eigenvalue weighted by atomic mass is 10.3. The molecule has 1 atom stereocenters. The molecule has 0 aliphatic carbocycles. The molecule has 80 valence electrons. The van der Waals surface area contributed by atoms with Crippen molar-refractivity contribution in [1.82, 2.24) is 10.7 Å². The van der Waals surface area contributed by atoms with Gasteiger partial charge in [0, 0.05) is 5.64 Å². The zero-order valence-corrected chi connectivity index (χ0v) is 8.10. The van der Waals surface area contributed by atoms with Crippen molar-refractivity contribution < 1.29 is 23.7 Å². The number of hydrogen-bond donors (Lipinski definition) is 1. The molecule has 0 fully saturated rings. The third-order valence-electron chi connectivity index (χ3n) is 1.80. The summed E-state index contributed by atoms with van der Waals surface area (Å²) in [4.78, 5) is 19.5. The molecule has 3 aliphatic rings. The van der Waals surface area contributed by atoms with Gasteiger partial charge in [-0.2, -0.15) is 0 Å². The Kier molecular flexibility index (Phi) is 2.09. The number of rotatable bonds is 2. The van der Waals surface area contributed by atoms with Gasteiger partial charge < -0.3 is 18.7 Å². The minimum Gasteiger partial charge on any atom is -0.433 e. The number of nitrogens with one attached hydrogen (secondary N) is 1. The Hall–Kier alpha value is -1.51. The second-order valence-electron chi connectivity index (χ2n) is 2.68. The molecule has 0 amide bonds. The van der Waals surface area contributed by atoms with E-state index < -0.39 is 0 Å². The largest absolute Gasteiger partial charge is 0.433 e. The highest BCUT2D eigenvalue weighted by Gasteiger charge is 2.34. The fourth-order valence-corrected chi connectivity index (χ4v) is 1.78. The van der Waals surface area contributed by atoms with Crippen molar-refractivity contribution in [3.8, 4) is 0 Å². The monoisotopic (exact) mass is 230 g/mol. The maximum atomic E-state index is 5.11. The van der Waals surface area contributed by atoms with Gasteiger partial charge in [-0.15, -0.1) is 5.06 Å². The number of nitrogens with zero attached hydrogens (tertiary/aromatic N) is 1. The van der Waals surface area contributed by atoms with E-state index in [1.54, 1.807) is 12.5 Å². The van der Waals surface area contributed by atoms with Crippen LogP contribution >= 0.6 is 12.0 Å². The van der Waals surface area contributed by atoms with Crippen LogP contribution in [0.2, 0.25) is 0 Å². The SMILES string of the molecule is C1=CN(C2=C(C3C=COS3)ONO2)OO1. The Morgan fingerprint density at radius 1 is 1.33 bits per heavy atom. The van der Waals surface area contributed by atoms with E-state index in [2.05, 4.69) is 10.5 Å². The van der Waals surface area contributed by atoms with Crippen molar-refractivity contribution in [3.05, 3.63) is 36.4 Å². The van der Waals surface area contributed by atoms with Gasteiger partial charge in [0.25, 0.3) is 5.88 Å². The van der Waals surface area contributed by atoms with Gasteiger partial charge in [0.05, 0.1) is 24.5 Å². The molecular formula is C7H6N2O5S. The standard InChI is InChI=1S/C7H6N2O5S/c1-3-11-15-5(1)6-7(13-8-12-6)9-2-4-10-14-9/h1-5,8H. The average Bonchev–Trinajstić information content (AvgIpc) is 3.01. The van der Waals surface area contributed by atoms with Gasteiger partial charge in [-0.1, -0.05) is 4.99 Å². The average molecular weight is 230 g/mol. The maximum Gasteiger partial charge on any atom is 0.292 e. The minimum atomic E-state index is -0.0763. The Morgan fingerprint density at radius 3 is 3.07 bits per heavy atom. The molecule has 0 spiro atoms. The molecule has 7 nitrogen and oxygen atoms in total. The molecule has 0 aromatic carbocycles. The molecule has 15 heavy (non-hydrogen) atoms. The van der Waals surface area contributed by atoms with Crippen LogP contribution in [0.3, 0.4) is 0 Å². The van der Waals surface area contributed by atoms with Gasteiger partial charge in [0.1, 0.15) is 5.25 Å². The van der Waals surface area contributed by atoms with Crippen molar-refractivity contribution >= 4 is 12.0 Å². The first-order chi connectivity index (χ1) is 7.45. The molecule has 1 unspecified atom stereocenters. The van der Waals surface area contributed by atoms with Crippen LogP contribution in [0.25, 0.3) is 0 Å². The van der Waals surface area contributed by atoms with Crippen LogP contribution < -0.4 is 5.64 Å². The fourth-order valence-electron chi connectivity index (χ4n) is 1.17. The van der Waals surface area contributed by atoms with Crippen LogP contribution in [0, 0.1) is 0 Å². The Morgan fingerprint density at radius 2 is 2.33 bits per heavy atom. The highest BCUT2D eigenvalue weighted by molar-refractivity contribution is 7.95. The molecule has 3 rings (SSSR count). The molecule has 0 aromatic heterocycles. The molecule has 8 heteroatoms. The zero-order chi connectivity index (χ0) is 10.1. The highest BCUT2D eigenvalue weighted by atomic mass is 32.2. The minimum absolute atomic E-state index is 0.0763. The lowest BCUT2D eigenvalue weighted by molar-refractivity contribution is -0.356. The van der Waals surface area contributed by atoms with E-state index in [1.165, 1.54) is 23.4 Å². The quantitative estimate of drug-likeness (QED) is 0.553. The van der Waals surface area contributed by atoms with Crippen LogP contribution in [-0.4, -0.2) is 10.3 Å². The summed E-state index contributed by atoms with van der Waals surface area (Å²) in [5, 5.41) is 1.22. The first kappa shape index (κ1) is 8.77. The van der Waals surface area contributed by atoms with Gasteiger partial charge in [-0.05, 0) is 6.08 Å². The third kappa shape index (κ3) is 1.48. The summed E-state index contributed by atoms with van der Waals surface area (Å²) >= 11 is 1.24. The molecule has 0 saturated heterocycles. The van der Waals surface area contributed by atoms with Gasteiger partial charge in [0.15, 0.2) is 6.26 Å². The van der Waals surface area contributed by atoms with Gasteiger partial charge >= 0.3 is 0 Å². The van der Waals surface area contributed by atoms with Crippen LogP contribution in [-0.2, 0) is 23.7 Å². The summed E-state index contributed by atoms with van der Waals surface area (Å²) in [6.07, 6.45) is 6.34. The molecule has 0 aromatic rings. The van der Waals surface area contributed by atoms with Crippen molar-refractivity contribution in [2.75, 3.05) is 0 Å². The van der Waals surface area contributed by atoms with Crippen LogP contribution in [0.1, 0.15) is 0 Å². The van der Waals surface area contributed by atoms with Crippen molar-refractivity contribution in [2.45, 2.75) is 5.25 Å². The second kappa shape index (κ2) is 3.57. The summed E-state index contributed by atoms with van der Waals surface area (Å²) < 4.78 is 5.01. The normalized spacial score (nSPS) is 27.7. The van der Waals surface area contributed by atoms with Crippen molar-refractivity contribution in [1.29, 1.82) is 0 Å². The summed E-state index contributed by atoms with van der Waals surface area (Å²) in [6, 6.07) is 0. The van der Waals surface area contributed by atoms with E-state index in [9.17, 15) is 0 Å². The molecule has 1 N–H and O–H groups in total. The van der Waals surface area contributed by atoms with E-state index >= 15 is 0 Å². The molecular weight excluding hydrogens is 224 g/mol. The molecule has 0 bridgehead atoms. The van der Waals surface area contributed by atoms with Crippen LogP contribution in [0.4, 0.5) is 0 Å². The van der Waals surface area contributed by atoms with Gasteiger partial charge in [-0.25, -0.2) is 0 Å². The Bertz CT molecular complexity index is 323. The zero-order valence-electron chi connectivity index (χ0n) is 7.28. The van der Waals surface area contributed by atoms with E-state index in [1.807, 2.05) is 6.08 Å². The van der Waals surface area contributed by atoms with Gasteiger partial charge in [-0.3, -0.25) is 0 Å². The summed E-state index contributed by atoms with van der Waals surface area (Å²) in [6.45, 7) is 0. The predicted molar refractivity (Wildman–Crippen MR) is 47.1 cm³/mol. The van der Waals surface area contributed by atoms with E-state index in [0.717, 1.165) is 0 Å². The van der Waals surface area contributed by atoms with Crippen LogP contribution in [0.15, 0.2) is 36.4 Å². The lowest BCUT2D eigenvalue weighted by Gasteiger charge is -2.10. The fraction of sp³-hybridized carbons (Fsp3) is 0.143. The first-order valence-corrected chi connectivity index (χ1v) is 4.86. The predicted octanol–water partition coefficient (Wildman–Crippen LogP) is 0.833. The van der Waals surface area contributed by atoms with E-state index in [0.29, 0.717) is 11.6 Å². The number of hydrogen-bond acceptors (Lipinski definition) is 8. The summed E-state index contributed by atoms with van der Waals surface area (Å²) in [7, 11) is 0. The summed E-state index contributed by atoms with van der Waals surface area (Å²) in [5.41, 5.74) is 2.29. The third-order valence-corrected chi connectivity index (χ3v) is 2.60. The summed E-state index contributed by atoms with van der Waals surface area (Å²) in [5.74, 6) is 0.917. The van der Waals surface area contributed by atoms with Crippen molar-refractivity contribution in [2.24, 2.45) is 0 Å². The van der Waals surface area contributed by atoms with Crippen molar-refractivity contribution in [3.63, 3.8) is 0 Å². The first-order valence-electron chi connectivity index (χ1n) is 4.06. The number of hydroxylamine groups is 2. The van der Waals surface area contributed by atoms with Crippen LogP contribution in [0.5, 0.6) is 0 Å². The highest BCUT2D eigenvalue weighted by Crippen LogP contribution is 2.33. The van der Waals surface area contributed by atoms with E-state index in [-0.39, 0.29) is 5.25 Å². The maximum absolute atomic E-state index is 5.11. The topological polar surface area (TPSA) is 61.4 Å². The van der Waals surface area contributed by atoms with Gasteiger partial charge in [0.2, 0.25) is 5.76 Å². The smallest absolute Gasteiger partial charge is 0.292 e. The molecule has 0 radical (unpaired) electrons. The van der Waals surface area contributed by atoms with E-state index in [4.69, 9.17) is 18.8 Å². The Balaban J connectivity index is 1.85. The Labute approximate surface area is 88.8 Å². The molecule has 3 heterocycles. The second-order valence-corrected chi connectivity index (χ2v) is 3.57. The molecule has 3 aliphatic heterocycles.